The van der Waals surface area contributed by atoms with Gasteiger partial charge in [-0.3, -0.25) is 10.1 Å². The van der Waals surface area contributed by atoms with Crippen molar-refractivity contribution in [2.24, 2.45) is 0 Å². The first-order chi connectivity index (χ1) is 11.8. The lowest BCUT2D eigenvalue weighted by molar-refractivity contribution is -0.385. The van der Waals surface area contributed by atoms with Crippen LogP contribution in [0.15, 0.2) is 47.4 Å². The highest BCUT2D eigenvalue weighted by Gasteiger charge is 2.16. The van der Waals surface area contributed by atoms with Crippen molar-refractivity contribution in [3.8, 4) is 0 Å². The maximum absolute atomic E-state index is 12.2. The average Bonchev–Trinajstić information content (AvgIpc) is 2.57. The zero-order valence-electron chi connectivity index (χ0n) is 14.2. The van der Waals surface area contributed by atoms with Crippen LogP contribution in [-0.4, -0.2) is 26.4 Å². The van der Waals surface area contributed by atoms with Crippen molar-refractivity contribution in [3.63, 3.8) is 0 Å². The summed E-state index contributed by atoms with van der Waals surface area (Å²) in [7, 11) is -3.77. The van der Waals surface area contributed by atoms with E-state index in [2.05, 4.69) is 29.1 Å². The van der Waals surface area contributed by atoms with E-state index in [4.69, 9.17) is 0 Å². The zero-order valence-corrected chi connectivity index (χ0v) is 15.0. The fourth-order valence-electron chi connectivity index (χ4n) is 2.27. The first kappa shape index (κ1) is 19.0. The number of rotatable bonds is 8. The third-order valence-corrected chi connectivity index (χ3v) is 5.29. The Bertz CT molecular complexity index is 866. The average molecular weight is 363 g/mol. The minimum absolute atomic E-state index is 0.115. The molecule has 8 heteroatoms. The van der Waals surface area contributed by atoms with E-state index >= 15 is 0 Å². The van der Waals surface area contributed by atoms with E-state index < -0.39 is 14.9 Å². The molecule has 0 spiro atoms. The molecule has 0 aliphatic carbocycles. The van der Waals surface area contributed by atoms with Crippen molar-refractivity contribution in [2.75, 3.05) is 13.1 Å². The molecule has 2 N–H and O–H groups in total. The van der Waals surface area contributed by atoms with E-state index in [-0.39, 0.29) is 17.1 Å². The maximum Gasteiger partial charge on any atom is 0.270 e. The minimum Gasteiger partial charge on any atom is -0.311 e. The van der Waals surface area contributed by atoms with Crippen LogP contribution in [0.2, 0.25) is 0 Å². The van der Waals surface area contributed by atoms with Gasteiger partial charge < -0.3 is 5.32 Å². The summed E-state index contributed by atoms with van der Waals surface area (Å²) in [5.74, 6) is 0. The molecule has 0 saturated carbocycles. The number of non-ortho nitro benzene ring substituents is 1. The van der Waals surface area contributed by atoms with Gasteiger partial charge in [0.1, 0.15) is 0 Å². The van der Waals surface area contributed by atoms with Gasteiger partial charge >= 0.3 is 0 Å². The molecule has 0 saturated heterocycles. The molecule has 0 atom stereocenters. The van der Waals surface area contributed by atoms with Gasteiger partial charge in [-0.15, -0.1) is 0 Å². The molecule has 2 rings (SSSR count). The summed E-state index contributed by atoms with van der Waals surface area (Å²) in [6.07, 6.45) is 0. The quantitative estimate of drug-likeness (QED) is 0.426. The van der Waals surface area contributed by atoms with E-state index in [0.29, 0.717) is 13.1 Å². The number of nitro benzene ring substituents is 1. The van der Waals surface area contributed by atoms with Gasteiger partial charge in [-0.05, 0) is 36.6 Å². The summed E-state index contributed by atoms with van der Waals surface area (Å²) < 4.78 is 26.8. The number of hydrogen-bond acceptors (Lipinski definition) is 5. The van der Waals surface area contributed by atoms with E-state index in [9.17, 15) is 18.5 Å². The Labute approximate surface area is 147 Å². The predicted molar refractivity (Wildman–Crippen MR) is 95.9 cm³/mol. The van der Waals surface area contributed by atoms with Gasteiger partial charge in [-0.2, -0.15) is 0 Å². The number of nitrogens with one attached hydrogen (secondary N) is 2. The number of aryl methyl sites for hydroxylation is 2. The largest absolute Gasteiger partial charge is 0.311 e. The number of nitrogens with zero attached hydrogens (tertiary/aromatic N) is 1. The van der Waals surface area contributed by atoms with Crippen molar-refractivity contribution in [1.82, 2.24) is 10.0 Å². The number of hydrogen-bond donors (Lipinski definition) is 2. The van der Waals surface area contributed by atoms with Crippen LogP contribution in [0, 0.1) is 24.0 Å². The van der Waals surface area contributed by atoms with E-state index in [1.807, 2.05) is 13.0 Å². The second-order valence-corrected chi connectivity index (χ2v) is 7.51. The second-order valence-electron chi connectivity index (χ2n) is 5.75. The molecule has 25 heavy (non-hydrogen) atoms. The van der Waals surface area contributed by atoms with Crippen molar-refractivity contribution < 1.29 is 13.3 Å². The Morgan fingerprint density at radius 1 is 1.04 bits per heavy atom. The lowest BCUT2D eigenvalue weighted by atomic mass is 10.1. The fraction of sp³-hybridized carbons (Fsp3) is 0.294. The molecular formula is C17H21N3O4S. The van der Waals surface area contributed by atoms with Crippen molar-refractivity contribution in [2.45, 2.75) is 25.3 Å². The van der Waals surface area contributed by atoms with Crippen molar-refractivity contribution in [1.29, 1.82) is 0 Å². The summed E-state index contributed by atoms with van der Waals surface area (Å²) in [6, 6.07) is 11.2. The second kappa shape index (κ2) is 8.19. The van der Waals surface area contributed by atoms with Crippen molar-refractivity contribution in [3.05, 3.63) is 69.3 Å². The smallest absolute Gasteiger partial charge is 0.270 e. The standard InChI is InChI=1S/C17H21N3O4S/c1-13-6-7-15(10-14(13)2)12-18-8-9-19-25(23,24)17-5-3-4-16(11-17)20(21)22/h3-7,10-11,18-19H,8-9,12H2,1-2H3. The van der Waals surface area contributed by atoms with Crippen LogP contribution in [0.3, 0.4) is 0 Å². The molecule has 7 nitrogen and oxygen atoms in total. The predicted octanol–water partition coefficient (Wildman–Crippen LogP) is 2.28. The van der Waals surface area contributed by atoms with Crippen LogP contribution in [0.25, 0.3) is 0 Å². The topological polar surface area (TPSA) is 101 Å². The third-order valence-electron chi connectivity index (χ3n) is 3.83. The maximum atomic E-state index is 12.2. The van der Waals surface area contributed by atoms with Crippen molar-refractivity contribution >= 4 is 15.7 Å². The summed E-state index contributed by atoms with van der Waals surface area (Å²) in [5, 5.41) is 13.9. The Morgan fingerprint density at radius 2 is 1.80 bits per heavy atom. The highest BCUT2D eigenvalue weighted by Crippen LogP contribution is 2.16. The minimum atomic E-state index is -3.77. The molecule has 0 heterocycles. The molecule has 0 bridgehead atoms. The normalized spacial score (nSPS) is 11.4. The highest BCUT2D eigenvalue weighted by molar-refractivity contribution is 7.89. The van der Waals surface area contributed by atoms with Crippen LogP contribution < -0.4 is 10.0 Å². The van der Waals surface area contributed by atoms with Gasteiger partial charge in [-0.1, -0.05) is 24.3 Å². The first-order valence-corrected chi connectivity index (χ1v) is 9.29. The fourth-order valence-corrected chi connectivity index (χ4v) is 3.34. The number of sulfonamides is 1. The van der Waals surface area contributed by atoms with Gasteiger partial charge in [0.15, 0.2) is 0 Å². The Hall–Kier alpha value is -2.29. The molecule has 0 aromatic heterocycles. The lowest BCUT2D eigenvalue weighted by Gasteiger charge is -2.09. The SMILES string of the molecule is Cc1ccc(CNCCNS(=O)(=O)c2cccc([N+](=O)[O-])c2)cc1C. The lowest BCUT2D eigenvalue weighted by Crippen LogP contribution is -2.31. The van der Waals surface area contributed by atoms with Crippen LogP contribution in [-0.2, 0) is 16.6 Å². The Kier molecular flexibility index (Phi) is 6.24. The van der Waals surface area contributed by atoms with Crippen LogP contribution in [0.5, 0.6) is 0 Å². The van der Waals surface area contributed by atoms with Gasteiger partial charge in [0, 0.05) is 31.8 Å². The van der Waals surface area contributed by atoms with Crippen LogP contribution in [0.1, 0.15) is 16.7 Å². The third kappa shape index (κ3) is 5.35. The summed E-state index contributed by atoms with van der Waals surface area (Å²) >= 11 is 0. The molecule has 0 unspecified atom stereocenters. The molecule has 0 amide bonds. The summed E-state index contributed by atoms with van der Waals surface area (Å²) in [6.45, 7) is 5.37. The van der Waals surface area contributed by atoms with Gasteiger partial charge in [0.2, 0.25) is 10.0 Å². The van der Waals surface area contributed by atoms with E-state index in [1.165, 1.54) is 29.3 Å². The van der Waals surface area contributed by atoms with Gasteiger partial charge in [0.25, 0.3) is 5.69 Å². The highest BCUT2D eigenvalue weighted by atomic mass is 32.2. The molecule has 2 aromatic rings. The molecule has 0 radical (unpaired) electrons. The molecule has 134 valence electrons. The number of benzene rings is 2. The molecule has 0 aliphatic heterocycles. The summed E-state index contributed by atoms with van der Waals surface area (Å²) in [4.78, 5) is 10.0. The Morgan fingerprint density at radius 3 is 2.48 bits per heavy atom. The van der Waals surface area contributed by atoms with Gasteiger partial charge in [0.05, 0.1) is 9.82 Å². The molecule has 0 aliphatic rings. The van der Waals surface area contributed by atoms with Crippen LogP contribution in [0.4, 0.5) is 5.69 Å². The molecule has 0 fully saturated rings. The zero-order chi connectivity index (χ0) is 18.4. The monoisotopic (exact) mass is 363 g/mol. The van der Waals surface area contributed by atoms with Crippen LogP contribution >= 0.6 is 0 Å². The van der Waals surface area contributed by atoms with E-state index in [0.717, 1.165) is 11.6 Å². The first-order valence-electron chi connectivity index (χ1n) is 7.80. The molecule has 2 aromatic carbocycles. The number of nitro groups is 1. The summed E-state index contributed by atoms with van der Waals surface area (Å²) in [5.41, 5.74) is 3.32. The Balaban J connectivity index is 1.85. The van der Waals surface area contributed by atoms with E-state index in [1.54, 1.807) is 0 Å². The van der Waals surface area contributed by atoms with Gasteiger partial charge in [-0.25, -0.2) is 13.1 Å². The molecular weight excluding hydrogens is 342 g/mol.